The lowest BCUT2D eigenvalue weighted by Crippen LogP contribution is -2.49. The fourth-order valence-electron chi connectivity index (χ4n) is 2.62. The number of benzene rings is 1. The molecule has 1 aromatic carbocycles. The van der Waals surface area contributed by atoms with E-state index in [4.69, 9.17) is 10.8 Å². The molecule has 136 valence electrons. The molecule has 1 aliphatic rings. The highest BCUT2D eigenvalue weighted by molar-refractivity contribution is 5.88. The smallest absolute Gasteiger partial charge is 0.328 e. The van der Waals surface area contributed by atoms with Crippen LogP contribution in [0.25, 0.3) is 0 Å². The van der Waals surface area contributed by atoms with Crippen LogP contribution in [0.4, 0.5) is 8.78 Å². The lowest BCUT2D eigenvalue weighted by molar-refractivity contribution is -0.162. The van der Waals surface area contributed by atoms with Crippen molar-refractivity contribution >= 4 is 17.8 Å². The summed E-state index contributed by atoms with van der Waals surface area (Å²) in [5, 5.41) is 11.0. The molecule has 2 atom stereocenters. The van der Waals surface area contributed by atoms with Gasteiger partial charge in [-0.05, 0) is 12.0 Å². The van der Waals surface area contributed by atoms with Crippen LogP contribution in [0.1, 0.15) is 12.0 Å². The van der Waals surface area contributed by atoms with Crippen molar-refractivity contribution in [1.82, 2.24) is 10.2 Å². The first kappa shape index (κ1) is 18.8. The molecule has 2 amide bonds. The summed E-state index contributed by atoms with van der Waals surface area (Å²) in [6.45, 7) is -1.25. The molecule has 25 heavy (non-hydrogen) atoms. The zero-order valence-corrected chi connectivity index (χ0v) is 13.3. The van der Waals surface area contributed by atoms with Gasteiger partial charge in [-0.2, -0.15) is 8.78 Å². The molecule has 0 unspecified atom stereocenters. The summed E-state index contributed by atoms with van der Waals surface area (Å²) in [6, 6.07) is 4.49. The molecular weight excluding hydrogens is 336 g/mol. The minimum Gasteiger partial charge on any atom is -0.481 e. The van der Waals surface area contributed by atoms with Crippen LogP contribution in [0.3, 0.4) is 0 Å². The molecule has 0 spiro atoms. The van der Waals surface area contributed by atoms with E-state index < -0.39 is 55.3 Å². The van der Waals surface area contributed by atoms with Crippen LogP contribution in [0.5, 0.6) is 0 Å². The summed E-state index contributed by atoms with van der Waals surface area (Å²) in [4.78, 5) is 34.8. The number of amides is 2. The van der Waals surface area contributed by atoms with E-state index in [0.717, 1.165) is 5.56 Å². The van der Waals surface area contributed by atoms with Gasteiger partial charge in [0.2, 0.25) is 11.8 Å². The van der Waals surface area contributed by atoms with Crippen LogP contribution in [0.2, 0.25) is 0 Å². The second-order valence-corrected chi connectivity index (χ2v) is 5.92. The van der Waals surface area contributed by atoms with E-state index >= 15 is 0 Å². The van der Waals surface area contributed by atoms with Gasteiger partial charge in [-0.1, -0.05) is 30.3 Å². The van der Waals surface area contributed by atoms with E-state index in [0.29, 0.717) is 0 Å². The van der Waals surface area contributed by atoms with Crippen LogP contribution in [-0.2, 0) is 20.8 Å². The molecule has 1 aromatic rings. The van der Waals surface area contributed by atoms with Gasteiger partial charge in [-0.15, -0.1) is 0 Å². The first-order valence-electron chi connectivity index (χ1n) is 7.69. The number of carbonyl (C=O) groups excluding carboxylic acids is 2. The number of rotatable bonds is 6. The van der Waals surface area contributed by atoms with Gasteiger partial charge in [0.15, 0.2) is 0 Å². The molecule has 1 heterocycles. The molecule has 0 bridgehead atoms. The number of hydrogen-bond acceptors (Lipinski definition) is 4. The van der Waals surface area contributed by atoms with E-state index in [2.05, 4.69) is 5.32 Å². The summed E-state index contributed by atoms with van der Waals surface area (Å²) in [7, 11) is 0. The molecule has 0 radical (unpaired) electrons. The summed E-state index contributed by atoms with van der Waals surface area (Å²) >= 11 is 0. The fraction of sp³-hybridized carbons (Fsp3) is 0.438. The minimum atomic E-state index is -3.54. The quantitative estimate of drug-likeness (QED) is 0.631. The fourth-order valence-corrected chi connectivity index (χ4v) is 2.62. The average molecular weight is 355 g/mol. The van der Waals surface area contributed by atoms with Gasteiger partial charge >= 0.3 is 12.0 Å². The van der Waals surface area contributed by atoms with Gasteiger partial charge in [0.25, 0.3) is 0 Å². The van der Waals surface area contributed by atoms with E-state index in [1.165, 1.54) is 0 Å². The van der Waals surface area contributed by atoms with Crippen molar-refractivity contribution in [3.8, 4) is 0 Å². The minimum absolute atomic E-state index is 0.189. The Balaban J connectivity index is 1.86. The number of carbonyl (C=O) groups is 3. The summed E-state index contributed by atoms with van der Waals surface area (Å²) in [5.74, 6) is -4.40. The molecule has 4 N–H and O–H groups in total. The number of nitrogens with zero attached hydrogens (tertiary/aromatic N) is 1. The number of aliphatic carboxylic acids is 1. The first-order chi connectivity index (χ1) is 11.7. The topological polar surface area (TPSA) is 113 Å². The van der Waals surface area contributed by atoms with Crippen LogP contribution in [0.15, 0.2) is 30.3 Å². The first-order valence-corrected chi connectivity index (χ1v) is 7.69. The Hall–Kier alpha value is -2.55. The SMILES string of the molecule is N[C@@H](Cc1ccccc1)C(=O)NCC(=O)N1C[C@@H](C(=O)O)CC1(F)F. The molecule has 0 aromatic heterocycles. The number of nitrogens with one attached hydrogen (secondary N) is 1. The number of carboxylic acids is 1. The molecule has 9 heteroatoms. The number of carboxylic acid groups (broad SMARTS) is 1. The van der Waals surface area contributed by atoms with Crippen LogP contribution >= 0.6 is 0 Å². The zero-order chi connectivity index (χ0) is 18.6. The van der Waals surface area contributed by atoms with Gasteiger partial charge in [0, 0.05) is 13.0 Å². The maximum atomic E-state index is 13.7. The van der Waals surface area contributed by atoms with Crippen molar-refractivity contribution in [3.05, 3.63) is 35.9 Å². The van der Waals surface area contributed by atoms with Crippen LogP contribution in [-0.4, -0.2) is 53.0 Å². The molecule has 1 saturated heterocycles. The Bertz CT molecular complexity index is 654. The number of alkyl halides is 2. The van der Waals surface area contributed by atoms with Crippen molar-refractivity contribution in [2.75, 3.05) is 13.1 Å². The maximum absolute atomic E-state index is 13.7. The Kier molecular flexibility index (Phi) is 5.68. The second-order valence-electron chi connectivity index (χ2n) is 5.92. The van der Waals surface area contributed by atoms with Gasteiger partial charge < -0.3 is 16.2 Å². The summed E-state index contributed by atoms with van der Waals surface area (Å²) in [5.41, 5.74) is 6.57. The monoisotopic (exact) mass is 355 g/mol. The highest BCUT2D eigenvalue weighted by atomic mass is 19.3. The zero-order valence-electron chi connectivity index (χ0n) is 13.3. The van der Waals surface area contributed by atoms with Crippen molar-refractivity contribution in [3.63, 3.8) is 0 Å². The number of hydrogen-bond donors (Lipinski definition) is 3. The largest absolute Gasteiger partial charge is 0.481 e. The maximum Gasteiger partial charge on any atom is 0.328 e. The van der Waals surface area contributed by atoms with E-state index in [1.807, 2.05) is 6.07 Å². The Labute approximate surface area is 142 Å². The highest BCUT2D eigenvalue weighted by Gasteiger charge is 2.51. The lowest BCUT2D eigenvalue weighted by Gasteiger charge is -2.24. The van der Waals surface area contributed by atoms with Gasteiger partial charge in [-0.25, -0.2) is 0 Å². The molecule has 0 aliphatic carbocycles. The Morgan fingerprint density at radius 3 is 2.52 bits per heavy atom. The molecule has 1 fully saturated rings. The number of halogens is 2. The number of likely N-dealkylation sites (tertiary alicyclic amines) is 1. The van der Waals surface area contributed by atoms with Crippen LogP contribution < -0.4 is 11.1 Å². The van der Waals surface area contributed by atoms with Crippen molar-refractivity contribution in [1.29, 1.82) is 0 Å². The third kappa shape index (κ3) is 4.72. The van der Waals surface area contributed by atoms with Crippen molar-refractivity contribution in [2.45, 2.75) is 24.9 Å². The predicted molar refractivity (Wildman–Crippen MR) is 83.5 cm³/mol. The third-order valence-corrected chi connectivity index (χ3v) is 3.99. The van der Waals surface area contributed by atoms with Crippen LogP contribution in [0, 0.1) is 5.92 Å². The third-order valence-electron chi connectivity index (χ3n) is 3.99. The predicted octanol–water partition coefficient (Wildman–Crippen LogP) is 0.198. The molecule has 0 saturated carbocycles. The van der Waals surface area contributed by atoms with Gasteiger partial charge in [0.05, 0.1) is 18.5 Å². The Morgan fingerprint density at radius 2 is 1.96 bits per heavy atom. The van der Waals surface area contributed by atoms with E-state index in [-0.39, 0.29) is 11.3 Å². The number of nitrogens with two attached hydrogens (primary N) is 1. The van der Waals surface area contributed by atoms with Gasteiger partial charge in [-0.3, -0.25) is 19.3 Å². The summed E-state index contributed by atoms with van der Waals surface area (Å²) < 4.78 is 27.5. The standard InChI is InChI=1S/C16H19F2N3O4/c17-16(18)7-11(15(24)25)9-21(16)13(22)8-20-14(23)12(19)6-10-4-2-1-3-5-10/h1-5,11-12H,6-9,19H2,(H,20,23)(H,24,25)/t11-,12-/m0/s1. The van der Waals surface area contributed by atoms with E-state index in [9.17, 15) is 23.2 Å². The molecule has 1 aliphatic heterocycles. The average Bonchev–Trinajstić information content (AvgIpc) is 2.89. The lowest BCUT2D eigenvalue weighted by atomic mass is 10.1. The van der Waals surface area contributed by atoms with Crippen molar-refractivity contribution in [2.24, 2.45) is 11.7 Å². The van der Waals surface area contributed by atoms with Gasteiger partial charge in [0.1, 0.15) is 0 Å². The molecule has 2 rings (SSSR count). The highest BCUT2D eigenvalue weighted by Crippen LogP contribution is 2.35. The van der Waals surface area contributed by atoms with E-state index in [1.54, 1.807) is 24.3 Å². The second kappa shape index (κ2) is 7.56. The van der Waals surface area contributed by atoms with Crippen molar-refractivity contribution < 1.29 is 28.3 Å². The summed E-state index contributed by atoms with van der Waals surface area (Å²) in [6.07, 6.45) is -0.697. The molecular formula is C16H19F2N3O4. The molecule has 7 nitrogen and oxygen atoms in total. The normalized spacial score (nSPS) is 20.1. The Morgan fingerprint density at radius 1 is 1.32 bits per heavy atom.